The number of esters is 1. The second kappa shape index (κ2) is 12.6. The molecule has 0 radical (unpaired) electrons. The van der Waals surface area contributed by atoms with Crippen molar-refractivity contribution >= 4 is 34.7 Å². The summed E-state index contributed by atoms with van der Waals surface area (Å²) in [6.45, 7) is 4.66. The highest BCUT2D eigenvalue weighted by Gasteiger charge is 2.41. The van der Waals surface area contributed by atoms with Crippen molar-refractivity contribution in [1.29, 1.82) is 0 Å². The average molecular weight is 529 g/mol. The topological polar surface area (TPSA) is 105 Å². The van der Waals surface area contributed by atoms with E-state index in [1.807, 2.05) is 11.0 Å². The number of rotatable bonds is 11. The molecule has 1 N–H and O–H groups in total. The summed E-state index contributed by atoms with van der Waals surface area (Å²) in [6, 6.07) is 5.82. The number of aromatic amines is 1. The van der Waals surface area contributed by atoms with Gasteiger partial charge in [-0.3, -0.25) is 19.3 Å². The number of hydrogen-bond acceptors (Lipinski definition) is 8. The number of ether oxygens (including phenoxy) is 1. The van der Waals surface area contributed by atoms with Gasteiger partial charge in [0.05, 0.1) is 18.3 Å². The first-order valence-electron chi connectivity index (χ1n) is 12.8. The zero-order valence-corrected chi connectivity index (χ0v) is 22.1. The lowest BCUT2D eigenvalue weighted by molar-refractivity contribution is -0.143. The number of nitrogens with zero attached hydrogens (tertiary/aromatic N) is 3. The molecule has 198 valence electrons. The number of ketones is 1. The second-order valence-electron chi connectivity index (χ2n) is 9.49. The molecular weight excluding hydrogens is 495 g/mol. The maximum atomic E-state index is 14.9. The SMILES string of the molecule is CCOC(=O)CCCc1n[nH]nc1/C=C1\CN(C(C(=O)C2CC2)c2ccccc2F)CCC1SC(C)=O. The van der Waals surface area contributed by atoms with Gasteiger partial charge in [0, 0.05) is 43.2 Å². The average Bonchev–Trinajstić information content (AvgIpc) is 3.63. The lowest BCUT2D eigenvalue weighted by Gasteiger charge is -2.38. The molecule has 1 aromatic heterocycles. The maximum Gasteiger partial charge on any atom is 0.305 e. The van der Waals surface area contributed by atoms with Gasteiger partial charge in [0.15, 0.2) is 10.9 Å². The number of likely N-dealkylation sites (tertiary alicyclic amines) is 1. The van der Waals surface area contributed by atoms with Gasteiger partial charge in [0.2, 0.25) is 0 Å². The van der Waals surface area contributed by atoms with Crippen LogP contribution in [0.5, 0.6) is 0 Å². The van der Waals surface area contributed by atoms with Crippen molar-refractivity contribution in [1.82, 2.24) is 20.3 Å². The van der Waals surface area contributed by atoms with Gasteiger partial charge >= 0.3 is 5.97 Å². The fraction of sp³-hybridized carbons (Fsp3) is 0.519. The Hall–Kier alpha value is -2.85. The quantitative estimate of drug-likeness (QED) is 0.431. The van der Waals surface area contributed by atoms with Crippen LogP contribution in [-0.2, 0) is 25.5 Å². The number of aryl methyl sites for hydroxylation is 1. The van der Waals surface area contributed by atoms with Crippen LogP contribution in [0.25, 0.3) is 6.08 Å². The Morgan fingerprint density at radius 2 is 2.03 bits per heavy atom. The van der Waals surface area contributed by atoms with Crippen LogP contribution in [0, 0.1) is 11.7 Å². The number of H-pyrrole nitrogens is 1. The van der Waals surface area contributed by atoms with Crippen molar-refractivity contribution in [2.24, 2.45) is 5.92 Å². The van der Waals surface area contributed by atoms with Gasteiger partial charge in [-0.1, -0.05) is 30.0 Å². The number of thioether (sulfide) groups is 1. The third kappa shape index (κ3) is 7.13. The molecule has 2 unspecified atom stereocenters. The molecule has 1 aliphatic carbocycles. The first-order valence-corrected chi connectivity index (χ1v) is 13.7. The standard InChI is InChI=1S/C27H33FN4O4S/c1-3-36-25(34)10-6-9-22-23(30-31-29-22)15-19-16-32(14-13-24(19)37-17(2)33)26(27(35)18-11-12-18)20-7-4-5-8-21(20)28/h4-5,7-8,15,18,24,26H,3,6,9-14,16H2,1-2H3,(H,29,30,31)/b19-15+. The Morgan fingerprint density at radius 3 is 2.73 bits per heavy atom. The number of Topliss-reactive ketones (excluding diaryl/α,β-unsaturated/α-hetero) is 1. The van der Waals surface area contributed by atoms with Crippen molar-refractivity contribution in [3.63, 3.8) is 0 Å². The normalized spacial score (nSPS) is 20.1. The number of nitrogens with one attached hydrogen (secondary N) is 1. The lowest BCUT2D eigenvalue weighted by Crippen LogP contribution is -2.43. The van der Waals surface area contributed by atoms with Crippen LogP contribution < -0.4 is 0 Å². The van der Waals surface area contributed by atoms with Gasteiger partial charge in [0.1, 0.15) is 11.5 Å². The van der Waals surface area contributed by atoms with Gasteiger partial charge in [-0.15, -0.1) is 0 Å². The molecule has 10 heteroatoms. The van der Waals surface area contributed by atoms with Gasteiger partial charge in [-0.25, -0.2) is 4.39 Å². The Balaban J connectivity index is 1.58. The first-order chi connectivity index (χ1) is 17.9. The molecule has 0 spiro atoms. The van der Waals surface area contributed by atoms with Gasteiger partial charge < -0.3 is 4.74 Å². The highest BCUT2D eigenvalue weighted by Crippen LogP contribution is 2.40. The summed E-state index contributed by atoms with van der Waals surface area (Å²) < 4.78 is 19.9. The summed E-state index contributed by atoms with van der Waals surface area (Å²) in [6.07, 6.45) is 5.67. The Kier molecular flexibility index (Phi) is 9.26. The molecule has 2 atom stereocenters. The van der Waals surface area contributed by atoms with Crippen molar-refractivity contribution in [2.75, 3.05) is 19.7 Å². The molecule has 2 heterocycles. The smallest absolute Gasteiger partial charge is 0.305 e. The molecule has 1 aliphatic heterocycles. The highest BCUT2D eigenvalue weighted by molar-refractivity contribution is 8.14. The third-order valence-electron chi connectivity index (χ3n) is 6.67. The predicted octanol–water partition coefficient (Wildman–Crippen LogP) is 4.29. The van der Waals surface area contributed by atoms with E-state index in [0.717, 1.165) is 24.1 Å². The van der Waals surface area contributed by atoms with Crippen molar-refractivity contribution in [2.45, 2.75) is 63.7 Å². The van der Waals surface area contributed by atoms with E-state index in [4.69, 9.17) is 4.74 Å². The van der Waals surface area contributed by atoms with E-state index in [0.29, 0.717) is 56.6 Å². The summed E-state index contributed by atoms with van der Waals surface area (Å²) >= 11 is 1.27. The fourth-order valence-corrected chi connectivity index (χ4v) is 5.68. The Bertz CT molecular complexity index is 1160. The minimum absolute atomic E-state index is 0.0128. The lowest BCUT2D eigenvalue weighted by atomic mass is 9.93. The molecule has 2 aromatic rings. The first kappa shape index (κ1) is 27.2. The van der Waals surface area contributed by atoms with Crippen LogP contribution in [-0.4, -0.2) is 62.1 Å². The van der Waals surface area contributed by atoms with Crippen LogP contribution in [0.15, 0.2) is 29.8 Å². The summed E-state index contributed by atoms with van der Waals surface area (Å²) in [5.41, 5.74) is 2.71. The summed E-state index contributed by atoms with van der Waals surface area (Å²) in [4.78, 5) is 39.1. The zero-order chi connectivity index (χ0) is 26.4. The number of benzene rings is 1. The van der Waals surface area contributed by atoms with Crippen molar-refractivity contribution in [3.05, 3.63) is 52.6 Å². The van der Waals surface area contributed by atoms with Gasteiger partial charge in [0.25, 0.3) is 0 Å². The van der Waals surface area contributed by atoms with Crippen molar-refractivity contribution < 1.29 is 23.5 Å². The Morgan fingerprint density at radius 1 is 1.24 bits per heavy atom. The van der Waals surface area contributed by atoms with E-state index in [9.17, 15) is 18.8 Å². The largest absolute Gasteiger partial charge is 0.466 e. The highest BCUT2D eigenvalue weighted by atomic mass is 32.2. The van der Waals surface area contributed by atoms with E-state index in [1.54, 1.807) is 32.0 Å². The molecule has 1 saturated heterocycles. The maximum absolute atomic E-state index is 14.9. The van der Waals surface area contributed by atoms with Crippen LogP contribution in [0.3, 0.4) is 0 Å². The summed E-state index contributed by atoms with van der Waals surface area (Å²) in [7, 11) is 0. The fourth-order valence-electron chi connectivity index (χ4n) is 4.77. The van der Waals surface area contributed by atoms with Crippen LogP contribution in [0.4, 0.5) is 4.39 Å². The number of hydrogen-bond donors (Lipinski definition) is 1. The molecule has 1 saturated carbocycles. The van der Waals surface area contributed by atoms with Crippen LogP contribution in [0.1, 0.15) is 68.9 Å². The number of halogens is 1. The van der Waals surface area contributed by atoms with E-state index in [2.05, 4.69) is 15.4 Å². The second-order valence-corrected chi connectivity index (χ2v) is 10.9. The molecule has 0 amide bonds. The van der Waals surface area contributed by atoms with E-state index in [-0.39, 0.29) is 33.9 Å². The minimum Gasteiger partial charge on any atom is -0.466 e. The molecule has 2 aliphatic rings. The van der Waals surface area contributed by atoms with Gasteiger partial charge in [-0.05, 0) is 56.7 Å². The number of piperidine rings is 1. The predicted molar refractivity (Wildman–Crippen MR) is 139 cm³/mol. The molecule has 2 fully saturated rings. The molecular formula is C27H33FN4O4S. The van der Waals surface area contributed by atoms with Crippen LogP contribution >= 0.6 is 11.8 Å². The summed E-state index contributed by atoms with van der Waals surface area (Å²) in [5.74, 6) is -0.593. The summed E-state index contributed by atoms with van der Waals surface area (Å²) in [5, 5.41) is 11.2. The van der Waals surface area contributed by atoms with E-state index < -0.39 is 6.04 Å². The molecule has 37 heavy (non-hydrogen) atoms. The molecule has 0 bridgehead atoms. The third-order valence-corrected chi connectivity index (χ3v) is 7.83. The number of aromatic nitrogens is 3. The van der Waals surface area contributed by atoms with Crippen LogP contribution in [0.2, 0.25) is 0 Å². The molecule has 4 rings (SSSR count). The zero-order valence-electron chi connectivity index (χ0n) is 21.2. The number of carbonyl (C=O) groups excluding carboxylic acids is 3. The Labute approximate surface area is 220 Å². The van der Waals surface area contributed by atoms with E-state index in [1.165, 1.54) is 17.8 Å². The minimum atomic E-state index is -0.665. The molecule has 8 nitrogen and oxygen atoms in total. The number of carbonyl (C=O) groups is 3. The molecule has 1 aromatic carbocycles. The van der Waals surface area contributed by atoms with Crippen molar-refractivity contribution in [3.8, 4) is 0 Å². The van der Waals surface area contributed by atoms with E-state index >= 15 is 0 Å². The van der Waals surface area contributed by atoms with Gasteiger partial charge in [-0.2, -0.15) is 15.4 Å². The monoisotopic (exact) mass is 528 g/mol.